The van der Waals surface area contributed by atoms with Crippen LogP contribution in [0, 0.1) is 0 Å². The molecule has 2 N–H and O–H groups in total. The van der Waals surface area contributed by atoms with Crippen molar-refractivity contribution in [3.05, 3.63) is 24.4 Å². The first-order chi connectivity index (χ1) is 6.31. The number of anilines is 1. The number of hydrogen-bond acceptors (Lipinski definition) is 4. The van der Waals surface area contributed by atoms with E-state index >= 15 is 0 Å². The van der Waals surface area contributed by atoms with Crippen molar-refractivity contribution in [1.29, 1.82) is 0 Å². The standard InChI is InChI=1S/C9H9N3O/c1-13-7-3-2-6-4-5-11-9(10)8(6)12-7/h2-5H,1H3,(H2,10,11). The summed E-state index contributed by atoms with van der Waals surface area (Å²) in [7, 11) is 1.57. The molecule has 2 aromatic rings. The number of nitrogens with zero attached hydrogens (tertiary/aromatic N) is 2. The maximum atomic E-state index is 5.65. The summed E-state index contributed by atoms with van der Waals surface area (Å²) < 4.78 is 4.98. The van der Waals surface area contributed by atoms with E-state index in [1.165, 1.54) is 0 Å². The number of rotatable bonds is 1. The molecule has 0 unspecified atom stereocenters. The molecule has 66 valence electrons. The van der Waals surface area contributed by atoms with Gasteiger partial charge in [-0.2, -0.15) is 0 Å². The molecule has 0 saturated carbocycles. The molecule has 0 radical (unpaired) electrons. The molecule has 0 aliphatic heterocycles. The van der Waals surface area contributed by atoms with Gasteiger partial charge in [0.15, 0.2) is 0 Å². The molecule has 2 rings (SSSR count). The lowest BCUT2D eigenvalue weighted by atomic mass is 10.2. The first-order valence-corrected chi connectivity index (χ1v) is 3.86. The topological polar surface area (TPSA) is 61.0 Å². The van der Waals surface area contributed by atoms with Crippen molar-refractivity contribution in [2.45, 2.75) is 0 Å². The lowest BCUT2D eigenvalue weighted by molar-refractivity contribution is 0.399. The minimum atomic E-state index is 0.427. The first kappa shape index (κ1) is 7.79. The van der Waals surface area contributed by atoms with E-state index in [9.17, 15) is 0 Å². The summed E-state index contributed by atoms with van der Waals surface area (Å²) in [5.74, 6) is 0.976. The molecule has 0 amide bonds. The highest BCUT2D eigenvalue weighted by atomic mass is 16.5. The van der Waals surface area contributed by atoms with E-state index in [1.807, 2.05) is 12.1 Å². The van der Waals surface area contributed by atoms with Gasteiger partial charge in [-0.25, -0.2) is 9.97 Å². The second kappa shape index (κ2) is 2.90. The number of methoxy groups -OCH3 is 1. The van der Waals surface area contributed by atoms with Crippen molar-refractivity contribution in [3.63, 3.8) is 0 Å². The van der Waals surface area contributed by atoms with Gasteiger partial charge in [-0.1, -0.05) is 0 Å². The van der Waals surface area contributed by atoms with Gasteiger partial charge < -0.3 is 10.5 Å². The van der Waals surface area contributed by atoms with E-state index in [4.69, 9.17) is 10.5 Å². The highest BCUT2D eigenvalue weighted by molar-refractivity contribution is 5.87. The van der Waals surface area contributed by atoms with Crippen LogP contribution in [0.25, 0.3) is 10.9 Å². The third-order valence-corrected chi connectivity index (χ3v) is 1.82. The highest BCUT2D eigenvalue weighted by Crippen LogP contribution is 2.19. The molecule has 2 heterocycles. The third-order valence-electron chi connectivity index (χ3n) is 1.82. The Kier molecular flexibility index (Phi) is 1.73. The fraction of sp³-hybridized carbons (Fsp3) is 0.111. The number of hydrogen-bond donors (Lipinski definition) is 1. The van der Waals surface area contributed by atoms with Crippen LogP contribution in [0.5, 0.6) is 5.88 Å². The first-order valence-electron chi connectivity index (χ1n) is 3.86. The normalized spacial score (nSPS) is 10.2. The zero-order valence-corrected chi connectivity index (χ0v) is 7.19. The monoisotopic (exact) mass is 175 g/mol. The zero-order valence-electron chi connectivity index (χ0n) is 7.19. The predicted octanol–water partition coefficient (Wildman–Crippen LogP) is 1.22. The molecule has 0 bridgehead atoms. The van der Waals surface area contributed by atoms with Gasteiger partial charge in [0.25, 0.3) is 0 Å². The summed E-state index contributed by atoms with van der Waals surface area (Å²) in [5, 5.41) is 0.966. The molecule has 0 atom stereocenters. The summed E-state index contributed by atoms with van der Waals surface area (Å²) in [4.78, 5) is 8.13. The average Bonchev–Trinajstić information content (AvgIpc) is 2.18. The molecule has 4 nitrogen and oxygen atoms in total. The molecular weight excluding hydrogens is 166 g/mol. The zero-order chi connectivity index (χ0) is 9.26. The molecule has 0 fully saturated rings. The Morgan fingerprint density at radius 1 is 1.31 bits per heavy atom. The molecular formula is C9H9N3O. The van der Waals surface area contributed by atoms with Crippen LogP contribution >= 0.6 is 0 Å². The molecule has 0 aliphatic carbocycles. The van der Waals surface area contributed by atoms with Crippen LogP contribution in [0.15, 0.2) is 24.4 Å². The molecule has 0 saturated heterocycles. The van der Waals surface area contributed by atoms with Crippen LogP contribution in [0.1, 0.15) is 0 Å². The quantitative estimate of drug-likeness (QED) is 0.707. The number of nitrogen functional groups attached to an aromatic ring is 1. The van der Waals surface area contributed by atoms with E-state index < -0.39 is 0 Å². The largest absolute Gasteiger partial charge is 0.481 e. The van der Waals surface area contributed by atoms with Crippen LogP contribution < -0.4 is 10.5 Å². The molecule has 0 spiro atoms. The van der Waals surface area contributed by atoms with E-state index in [0.717, 1.165) is 5.39 Å². The number of fused-ring (bicyclic) bond motifs is 1. The lowest BCUT2D eigenvalue weighted by Gasteiger charge is -2.02. The van der Waals surface area contributed by atoms with Crippen molar-refractivity contribution in [2.75, 3.05) is 12.8 Å². The lowest BCUT2D eigenvalue weighted by Crippen LogP contribution is -1.94. The summed E-state index contributed by atoms with van der Waals surface area (Å²) in [6.45, 7) is 0. The van der Waals surface area contributed by atoms with Crippen LogP contribution in [0.3, 0.4) is 0 Å². The minimum Gasteiger partial charge on any atom is -0.481 e. The van der Waals surface area contributed by atoms with Crippen molar-refractivity contribution in [1.82, 2.24) is 9.97 Å². The highest BCUT2D eigenvalue weighted by Gasteiger charge is 2.01. The van der Waals surface area contributed by atoms with Gasteiger partial charge in [0, 0.05) is 17.6 Å². The number of nitrogens with two attached hydrogens (primary N) is 1. The fourth-order valence-corrected chi connectivity index (χ4v) is 1.16. The smallest absolute Gasteiger partial charge is 0.213 e. The SMILES string of the molecule is COc1ccc2ccnc(N)c2n1. The van der Waals surface area contributed by atoms with Crippen LogP contribution in [0.4, 0.5) is 5.82 Å². The maximum Gasteiger partial charge on any atom is 0.213 e. The summed E-state index contributed by atoms with van der Waals surface area (Å²) in [6.07, 6.45) is 1.66. The maximum absolute atomic E-state index is 5.65. The minimum absolute atomic E-state index is 0.427. The van der Waals surface area contributed by atoms with Gasteiger partial charge in [-0.3, -0.25) is 0 Å². The fourth-order valence-electron chi connectivity index (χ4n) is 1.16. The summed E-state index contributed by atoms with van der Waals surface area (Å²) in [5.41, 5.74) is 6.33. The summed E-state index contributed by atoms with van der Waals surface area (Å²) >= 11 is 0. The Bertz CT molecular complexity index is 442. The second-order valence-corrected chi connectivity index (χ2v) is 2.62. The molecule has 13 heavy (non-hydrogen) atoms. The van der Waals surface area contributed by atoms with Gasteiger partial charge in [0.2, 0.25) is 5.88 Å². The number of ether oxygens (including phenoxy) is 1. The Hall–Kier alpha value is -1.84. The predicted molar refractivity (Wildman–Crippen MR) is 50.5 cm³/mol. The molecule has 4 heteroatoms. The van der Waals surface area contributed by atoms with Gasteiger partial charge in [-0.05, 0) is 12.1 Å². The Morgan fingerprint density at radius 2 is 2.15 bits per heavy atom. The summed E-state index contributed by atoms with van der Waals surface area (Å²) in [6, 6.07) is 5.55. The van der Waals surface area contributed by atoms with Gasteiger partial charge >= 0.3 is 0 Å². The number of aromatic nitrogens is 2. The Labute approximate surface area is 75.4 Å². The van der Waals surface area contributed by atoms with Gasteiger partial charge in [-0.15, -0.1) is 0 Å². The van der Waals surface area contributed by atoms with E-state index in [2.05, 4.69) is 9.97 Å². The molecule has 0 aliphatic rings. The second-order valence-electron chi connectivity index (χ2n) is 2.62. The van der Waals surface area contributed by atoms with Gasteiger partial charge in [0.05, 0.1) is 7.11 Å². The Balaban J connectivity index is 2.74. The van der Waals surface area contributed by atoms with E-state index in [0.29, 0.717) is 17.2 Å². The Morgan fingerprint density at radius 3 is 2.92 bits per heavy atom. The average molecular weight is 175 g/mol. The van der Waals surface area contributed by atoms with E-state index in [-0.39, 0.29) is 0 Å². The van der Waals surface area contributed by atoms with Crippen LogP contribution in [-0.2, 0) is 0 Å². The van der Waals surface area contributed by atoms with Gasteiger partial charge in [0.1, 0.15) is 11.3 Å². The van der Waals surface area contributed by atoms with Crippen LogP contribution in [-0.4, -0.2) is 17.1 Å². The van der Waals surface area contributed by atoms with Crippen LogP contribution in [0.2, 0.25) is 0 Å². The van der Waals surface area contributed by atoms with Crippen molar-refractivity contribution in [3.8, 4) is 5.88 Å². The molecule has 0 aromatic carbocycles. The molecule has 2 aromatic heterocycles. The number of pyridine rings is 2. The van der Waals surface area contributed by atoms with E-state index in [1.54, 1.807) is 19.4 Å². The third kappa shape index (κ3) is 1.26. The van der Waals surface area contributed by atoms with Crippen molar-refractivity contribution >= 4 is 16.7 Å². The van der Waals surface area contributed by atoms with Crippen molar-refractivity contribution < 1.29 is 4.74 Å². The van der Waals surface area contributed by atoms with Crippen molar-refractivity contribution in [2.24, 2.45) is 0 Å².